The minimum Gasteiger partial charge on any atom is -0.381 e. The summed E-state index contributed by atoms with van der Waals surface area (Å²) in [6.07, 6.45) is 0. The lowest BCUT2D eigenvalue weighted by atomic mass is 10.0. The summed E-state index contributed by atoms with van der Waals surface area (Å²) in [7, 11) is 0. The lowest BCUT2D eigenvalue weighted by molar-refractivity contribution is -0.130. The summed E-state index contributed by atoms with van der Waals surface area (Å²) >= 11 is 13.2. The first-order valence-corrected chi connectivity index (χ1v) is 8.00. The monoisotopic (exact) mass is 357 g/mol. The highest BCUT2D eigenvalue weighted by molar-refractivity contribution is 7.08. The maximum Gasteiger partial charge on any atom is 0.255 e. The number of benzene rings is 1. The van der Waals surface area contributed by atoms with Crippen LogP contribution >= 0.6 is 34.5 Å². The van der Waals surface area contributed by atoms with Gasteiger partial charge in [0.15, 0.2) is 5.78 Å². The summed E-state index contributed by atoms with van der Waals surface area (Å²) in [5, 5.41) is 16.2. The number of hydrogen-bond acceptors (Lipinski definition) is 4. The number of ketones is 1. The molecule has 0 aliphatic heterocycles. The van der Waals surface area contributed by atoms with Crippen molar-refractivity contribution in [3.63, 3.8) is 0 Å². The zero-order valence-corrected chi connectivity index (χ0v) is 14.1. The number of carbonyl (C=O) groups excluding carboxylic acids is 2. The molecule has 116 valence electrons. The van der Waals surface area contributed by atoms with E-state index in [1.54, 1.807) is 16.8 Å². The molecule has 0 bridgehead atoms. The van der Waals surface area contributed by atoms with E-state index in [4.69, 9.17) is 23.2 Å². The Morgan fingerprint density at radius 1 is 1.18 bits per heavy atom. The molecule has 2 N–H and O–H groups in total. The van der Waals surface area contributed by atoms with E-state index in [0.717, 1.165) is 0 Å². The first-order chi connectivity index (χ1) is 10.2. The first-order valence-electron chi connectivity index (χ1n) is 6.30. The van der Waals surface area contributed by atoms with E-state index in [0.29, 0.717) is 15.6 Å². The van der Waals surface area contributed by atoms with Crippen LogP contribution in [-0.2, 0) is 4.79 Å². The summed E-state index contributed by atoms with van der Waals surface area (Å²) in [5.41, 5.74) is -0.748. The van der Waals surface area contributed by atoms with E-state index >= 15 is 0 Å². The van der Waals surface area contributed by atoms with Gasteiger partial charge in [0.25, 0.3) is 5.91 Å². The molecule has 0 unspecified atom stereocenters. The lowest BCUT2D eigenvalue weighted by Crippen LogP contribution is -2.37. The van der Waals surface area contributed by atoms with Gasteiger partial charge in [0, 0.05) is 21.3 Å². The molecule has 0 spiro atoms. The second-order valence-electron chi connectivity index (χ2n) is 5.17. The van der Waals surface area contributed by atoms with E-state index in [-0.39, 0.29) is 17.0 Å². The third-order valence-electron chi connectivity index (χ3n) is 2.89. The fourth-order valence-electron chi connectivity index (χ4n) is 1.68. The van der Waals surface area contributed by atoms with Crippen LogP contribution in [0.15, 0.2) is 29.0 Å². The van der Waals surface area contributed by atoms with Crippen LogP contribution in [0.25, 0.3) is 0 Å². The Morgan fingerprint density at radius 3 is 2.41 bits per heavy atom. The van der Waals surface area contributed by atoms with E-state index in [9.17, 15) is 14.7 Å². The van der Waals surface area contributed by atoms with Gasteiger partial charge in [-0.25, -0.2) is 0 Å². The molecule has 0 aliphatic carbocycles. The molecule has 22 heavy (non-hydrogen) atoms. The first kappa shape index (κ1) is 17.0. The number of carbonyl (C=O) groups is 2. The third kappa shape index (κ3) is 3.67. The molecule has 0 saturated carbocycles. The summed E-state index contributed by atoms with van der Waals surface area (Å²) in [4.78, 5) is 24.5. The fraction of sp³-hybridized carbons (Fsp3) is 0.200. The Bertz CT molecular complexity index is 735. The molecule has 2 aromatic rings. The number of hydrogen-bond donors (Lipinski definition) is 2. The molecule has 1 heterocycles. The van der Waals surface area contributed by atoms with Crippen LogP contribution in [-0.4, -0.2) is 22.4 Å². The Balaban J connectivity index is 2.43. The van der Waals surface area contributed by atoms with Crippen LogP contribution < -0.4 is 5.32 Å². The molecule has 2 rings (SSSR count). The number of nitrogens with one attached hydrogen (secondary N) is 1. The van der Waals surface area contributed by atoms with Crippen molar-refractivity contribution in [2.45, 2.75) is 19.4 Å². The molecule has 0 radical (unpaired) electrons. The van der Waals surface area contributed by atoms with E-state index in [1.807, 2.05) is 0 Å². The number of aliphatic hydroxyl groups is 1. The summed E-state index contributed by atoms with van der Waals surface area (Å²) < 4.78 is 0. The zero-order chi connectivity index (χ0) is 16.5. The van der Waals surface area contributed by atoms with Gasteiger partial charge in [0.05, 0.1) is 16.3 Å². The Kier molecular flexibility index (Phi) is 4.92. The number of anilines is 1. The van der Waals surface area contributed by atoms with Gasteiger partial charge in [-0.05, 0) is 32.0 Å². The maximum absolute atomic E-state index is 12.6. The molecule has 1 amide bonds. The highest BCUT2D eigenvalue weighted by Gasteiger charge is 2.26. The average molecular weight is 358 g/mol. The standard InChI is InChI=1S/C15H13Cl2NO3S/c1-15(2,21)14(20)18-12-4-3-8(16)5-9(12)13(19)10-6-22-7-11(10)17/h3-7,21H,1-2H3,(H,18,20). The van der Waals surface area contributed by atoms with Gasteiger partial charge in [-0.2, -0.15) is 11.3 Å². The second-order valence-corrected chi connectivity index (χ2v) is 6.75. The van der Waals surface area contributed by atoms with E-state index in [2.05, 4.69) is 5.32 Å². The largest absolute Gasteiger partial charge is 0.381 e. The van der Waals surface area contributed by atoms with Crippen molar-refractivity contribution in [1.29, 1.82) is 0 Å². The van der Waals surface area contributed by atoms with Crippen molar-refractivity contribution in [1.82, 2.24) is 0 Å². The average Bonchev–Trinajstić information content (AvgIpc) is 2.85. The SMILES string of the molecule is CC(C)(O)C(=O)Nc1ccc(Cl)cc1C(=O)c1cscc1Cl. The van der Waals surface area contributed by atoms with Gasteiger partial charge in [0.2, 0.25) is 0 Å². The van der Waals surface area contributed by atoms with Gasteiger partial charge in [-0.1, -0.05) is 23.2 Å². The number of thiophene rings is 1. The van der Waals surface area contributed by atoms with Crippen LogP contribution in [0.1, 0.15) is 29.8 Å². The normalized spacial score (nSPS) is 11.3. The van der Waals surface area contributed by atoms with E-state index in [1.165, 1.54) is 37.3 Å². The van der Waals surface area contributed by atoms with Crippen molar-refractivity contribution in [2.24, 2.45) is 0 Å². The van der Waals surface area contributed by atoms with Crippen molar-refractivity contribution >= 4 is 51.9 Å². The number of amides is 1. The number of rotatable bonds is 4. The quantitative estimate of drug-likeness (QED) is 0.812. The highest BCUT2D eigenvalue weighted by Crippen LogP contribution is 2.29. The zero-order valence-electron chi connectivity index (χ0n) is 11.8. The maximum atomic E-state index is 12.6. The summed E-state index contributed by atoms with van der Waals surface area (Å²) in [6.45, 7) is 2.71. The molecule has 7 heteroatoms. The van der Waals surface area contributed by atoms with Crippen LogP contribution in [0.5, 0.6) is 0 Å². The van der Waals surface area contributed by atoms with Crippen molar-refractivity contribution < 1.29 is 14.7 Å². The van der Waals surface area contributed by atoms with Crippen LogP contribution in [0.4, 0.5) is 5.69 Å². The second kappa shape index (κ2) is 6.38. The topological polar surface area (TPSA) is 66.4 Å². The predicted molar refractivity (Wildman–Crippen MR) is 89.1 cm³/mol. The van der Waals surface area contributed by atoms with Crippen molar-refractivity contribution in [3.8, 4) is 0 Å². The summed E-state index contributed by atoms with van der Waals surface area (Å²) in [5.74, 6) is -0.972. The summed E-state index contributed by atoms with van der Waals surface area (Å²) in [6, 6.07) is 4.52. The Hall–Kier alpha value is -1.40. The molecular weight excluding hydrogens is 345 g/mol. The van der Waals surface area contributed by atoms with Crippen LogP contribution in [0.2, 0.25) is 10.0 Å². The molecule has 1 aromatic carbocycles. The van der Waals surface area contributed by atoms with E-state index < -0.39 is 11.5 Å². The molecule has 0 fully saturated rings. The minimum absolute atomic E-state index is 0.213. The van der Waals surface area contributed by atoms with Crippen LogP contribution in [0, 0.1) is 0 Å². The lowest BCUT2D eigenvalue weighted by Gasteiger charge is -2.18. The van der Waals surface area contributed by atoms with Gasteiger partial charge in [-0.15, -0.1) is 0 Å². The van der Waals surface area contributed by atoms with Gasteiger partial charge < -0.3 is 10.4 Å². The third-order valence-corrected chi connectivity index (χ3v) is 4.31. The van der Waals surface area contributed by atoms with Gasteiger partial charge >= 0.3 is 0 Å². The molecular formula is C15H13Cl2NO3S. The molecule has 0 atom stereocenters. The van der Waals surface area contributed by atoms with Gasteiger partial charge in [-0.3, -0.25) is 9.59 Å². The Labute approximate surface area is 141 Å². The van der Waals surface area contributed by atoms with Gasteiger partial charge in [0.1, 0.15) is 5.60 Å². The fourth-order valence-corrected chi connectivity index (χ4v) is 2.89. The predicted octanol–water partition coefficient (Wildman–Crippen LogP) is 4.00. The molecule has 0 aliphatic rings. The number of halogens is 2. The highest BCUT2D eigenvalue weighted by atomic mass is 35.5. The smallest absolute Gasteiger partial charge is 0.255 e. The molecule has 1 aromatic heterocycles. The minimum atomic E-state index is -1.57. The van der Waals surface area contributed by atoms with Crippen molar-refractivity contribution in [2.75, 3.05) is 5.32 Å². The Morgan fingerprint density at radius 2 is 1.86 bits per heavy atom. The molecule has 4 nitrogen and oxygen atoms in total. The van der Waals surface area contributed by atoms with Crippen molar-refractivity contribution in [3.05, 3.63) is 50.1 Å². The van der Waals surface area contributed by atoms with Crippen LogP contribution in [0.3, 0.4) is 0 Å². The molecule has 0 saturated heterocycles.